The van der Waals surface area contributed by atoms with Gasteiger partial charge in [-0.05, 0) is 130 Å². The summed E-state index contributed by atoms with van der Waals surface area (Å²) in [6.45, 7) is 13.1. The van der Waals surface area contributed by atoms with Crippen LogP contribution in [0.3, 0.4) is 0 Å². The lowest BCUT2D eigenvalue weighted by Crippen LogP contribution is -2.59. The predicted molar refractivity (Wildman–Crippen MR) is 274 cm³/mol. The van der Waals surface area contributed by atoms with Crippen LogP contribution in [0.2, 0.25) is 0 Å². The van der Waals surface area contributed by atoms with Crippen molar-refractivity contribution in [2.75, 3.05) is 68.0 Å². The summed E-state index contributed by atoms with van der Waals surface area (Å²) in [6, 6.07) is 15.7. The molecule has 1 spiro atoms. The molecule has 2 aliphatic carbocycles. The average molecular weight is 966 g/mol. The second kappa shape index (κ2) is 21.2. The number of anilines is 3. The topological polar surface area (TPSA) is 192 Å². The normalized spacial score (nSPS) is 24.4. The fourth-order valence-electron chi connectivity index (χ4n) is 11.7. The molecule has 5 N–H and O–H groups in total. The third-order valence-corrected chi connectivity index (χ3v) is 16.0. The number of carbonyl (C=O) groups excluding carboxylic acids is 3. The second-order valence-electron chi connectivity index (χ2n) is 21.7. The van der Waals surface area contributed by atoms with Gasteiger partial charge in [-0.15, -0.1) is 16.1 Å². The molecule has 9 rings (SSSR count). The highest BCUT2D eigenvalue weighted by Gasteiger charge is 2.50. The van der Waals surface area contributed by atoms with Crippen molar-refractivity contribution < 1.29 is 24.6 Å². The maximum atomic E-state index is 14.3. The molecule has 3 aliphatic heterocycles. The van der Waals surface area contributed by atoms with Gasteiger partial charge in [0.15, 0.2) is 5.82 Å². The number of aliphatic hydroxyl groups excluding tert-OH is 1. The van der Waals surface area contributed by atoms with E-state index in [9.17, 15) is 24.6 Å². The first-order chi connectivity index (χ1) is 34.2. The van der Waals surface area contributed by atoms with E-state index in [1.54, 1.807) is 19.1 Å². The summed E-state index contributed by atoms with van der Waals surface area (Å²) in [5, 5.41) is 39.2. The number of nitrogens with one attached hydrogen (secondary N) is 3. The van der Waals surface area contributed by atoms with Gasteiger partial charge in [-0.3, -0.25) is 14.4 Å². The molecule has 5 heterocycles. The van der Waals surface area contributed by atoms with Gasteiger partial charge in [-0.1, -0.05) is 51.0 Å². The number of nitrogens with zero attached hydrogens (tertiary/aromatic N) is 8. The van der Waals surface area contributed by atoms with Gasteiger partial charge < -0.3 is 45.8 Å². The molecule has 71 heavy (non-hydrogen) atoms. The lowest BCUT2D eigenvalue weighted by atomic mass is 9.56. The fourth-order valence-corrected chi connectivity index (χ4v) is 11.7. The van der Waals surface area contributed by atoms with Crippen LogP contribution in [-0.2, 0) is 20.9 Å². The standard InChI is InChI=1S/C55H71N11O5/c1-6-9-36-12-14-37(15-13-36)32-57-51(70)46-28-42(67)35-66(46)52(71)48(54(2,3)4)60-50(69)39-16-20-55(21-17-39)30-41(31-55)63-22-18-38(19-23-63)40-33-58-53(59-34-40)65-26-24-64(25-27-65)45-29-44(61-62-49(45)56-5)43-10-7-8-11-47(43)68/h7-8,10-15,29,33-34,38-39,41-42,46,48,67-68H,16-28,30-32,35H2,1-5H3,(H,56,62)(H,57,70)(H,60,69)/t39?,41?,42-,46+,48-,55?/m1/s1. The number of carbonyl (C=O) groups is 3. The van der Waals surface area contributed by atoms with Crippen LogP contribution in [0.5, 0.6) is 5.75 Å². The number of para-hydroxylation sites is 1. The summed E-state index contributed by atoms with van der Waals surface area (Å²) < 4.78 is 0. The SMILES string of the molecule is CC#Cc1ccc(CNC(=O)[C@@H]2C[C@@H](O)CN2C(=O)[C@@H](NC(=O)C2CCC3(CC2)CC(N2CCC(c4cnc(N5CCN(c6cc(-c7ccccc7O)nnc6NC)CC5)nc4)CC2)C3)C(C)(C)C)cc1. The van der Waals surface area contributed by atoms with Gasteiger partial charge >= 0.3 is 0 Å². The van der Waals surface area contributed by atoms with Crippen molar-refractivity contribution in [3.8, 4) is 28.8 Å². The molecular weight excluding hydrogens is 895 g/mol. The first-order valence-corrected chi connectivity index (χ1v) is 25.7. The summed E-state index contributed by atoms with van der Waals surface area (Å²) in [5.74, 6) is 7.07. The number of phenols is 1. The fraction of sp³-hybridized carbons (Fsp3) is 0.545. The van der Waals surface area contributed by atoms with Crippen molar-refractivity contribution in [3.05, 3.63) is 83.7 Å². The number of β-amino-alcohol motifs (C(OH)–C–C–N with tert-alkyl or cyclic N) is 1. The number of amides is 3. The lowest BCUT2D eigenvalue weighted by Gasteiger charge is -2.55. The monoisotopic (exact) mass is 966 g/mol. The Hall–Kier alpha value is -6.31. The highest BCUT2D eigenvalue weighted by molar-refractivity contribution is 5.93. The zero-order valence-electron chi connectivity index (χ0n) is 42.0. The van der Waals surface area contributed by atoms with Crippen LogP contribution in [-0.4, -0.2) is 135 Å². The highest BCUT2D eigenvalue weighted by atomic mass is 16.3. The van der Waals surface area contributed by atoms with Gasteiger partial charge in [0.25, 0.3) is 0 Å². The zero-order chi connectivity index (χ0) is 49.9. The largest absolute Gasteiger partial charge is 0.507 e. The minimum absolute atomic E-state index is 0.0484. The molecule has 3 amide bonds. The molecule has 0 radical (unpaired) electrons. The average Bonchev–Trinajstić information content (AvgIpc) is 3.78. The van der Waals surface area contributed by atoms with E-state index in [0.717, 1.165) is 101 Å². The lowest BCUT2D eigenvalue weighted by molar-refractivity contribution is -0.145. The van der Waals surface area contributed by atoms with E-state index < -0.39 is 23.6 Å². The van der Waals surface area contributed by atoms with Crippen LogP contribution < -0.4 is 25.8 Å². The van der Waals surface area contributed by atoms with Crippen molar-refractivity contribution in [3.63, 3.8) is 0 Å². The van der Waals surface area contributed by atoms with Gasteiger partial charge in [0.1, 0.15) is 17.8 Å². The highest BCUT2D eigenvalue weighted by Crippen LogP contribution is 2.55. The van der Waals surface area contributed by atoms with Gasteiger partial charge in [0.05, 0.1) is 17.5 Å². The second-order valence-corrected chi connectivity index (χ2v) is 21.7. The molecule has 5 fully saturated rings. The number of rotatable bonds is 12. The Morgan fingerprint density at radius 1 is 0.873 bits per heavy atom. The van der Waals surface area contributed by atoms with Crippen molar-refractivity contribution in [2.45, 2.75) is 122 Å². The molecule has 16 nitrogen and oxygen atoms in total. The molecule has 376 valence electrons. The van der Waals surface area contributed by atoms with E-state index in [2.05, 4.69) is 52.7 Å². The molecule has 5 aliphatic rings. The molecule has 0 unspecified atom stereocenters. The van der Waals surface area contributed by atoms with Crippen molar-refractivity contribution in [1.29, 1.82) is 0 Å². The smallest absolute Gasteiger partial charge is 0.246 e. The van der Waals surface area contributed by atoms with Crippen LogP contribution in [0, 0.1) is 28.6 Å². The molecule has 2 aromatic heterocycles. The van der Waals surface area contributed by atoms with E-state index >= 15 is 0 Å². The minimum atomic E-state index is -0.835. The number of aromatic hydroxyl groups is 1. The van der Waals surface area contributed by atoms with E-state index in [0.29, 0.717) is 35.6 Å². The first kappa shape index (κ1) is 49.7. The van der Waals surface area contributed by atoms with Crippen LogP contribution in [0.25, 0.3) is 11.3 Å². The third kappa shape index (κ3) is 11.1. The summed E-state index contributed by atoms with van der Waals surface area (Å²) >= 11 is 0. The molecule has 2 aromatic carbocycles. The number of aromatic nitrogens is 4. The van der Waals surface area contributed by atoms with Crippen LogP contribution in [0.1, 0.15) is 108 Å². The van der Waals surface area contributed by atoms with Crippen molar-refractivity contribution in [2.24, 2.45) is 16.7 Å². The van der Waals surface area contributed by atoms with Gasteiger partial charge in [-0.25, -0.2) is 9.97 Å². The van der Waals surface area contributed by atoms with Crippen molar-refractivity contribution >= 4 is 35.2 Å². The maximum Gasteiger partial charge on any atom is 0.246 e. The van der Waals surface area contributed by atoms with E-state index in [4.69, 9.17) is 9.97 Å². The van der Waals surface area contributed by atoms with E-state index in [1.165, 1.54) is 23.3 Å². The summed E-state index contributed by atoms with van der Waals surface area (Å²) in [4.78, 5) is 60.1. The Balaban J connectivity index is 0.710. The van der Waals surface area contributed by atoms with E-state index in [-0.39, 0.29) is 47.8 Å². The third-order valence-electron chi connectivity index (χ3n) is 16.0. The number of likely N-dealkylation sites (tertiary alicyclic amines) is 2. The summed E-state index contributed by atoms with van der Waals surface area (Å²) in [5.41, 5.74) is 4.92. The number of hydrogen-bond acceptors (Lipinski definition) is 13. The van der Waals surface area contributed by atoms with E-state index in [1.807, 2.05) is 82.7 Å². The Labute approximate surface area is 418 Å². The summed E-state index contributed by atoms with van der Waals surface area (Å²) in [7, 11) is 1.84. The molecule has 0 bridgehead atoms. The number of hydrogen-bond donors (Lipinski definition) is 5. The molecule has 4 aromatic rings. The first-order valence-electron chi connectivity index (χ1n) is 25.7. The molecule has 3 saturated heterocycles. The Morgan fingerprint density at radius 2 is 1.55 bits per heavy atom. The van der Waals surface area contributed by atoms with Crippen LogP contribution in [0.4, 0.5) is 17.5 Å². The zero-order valence-corrected chi connectivity index (χ0v) is 42.0. The van der Waals surface area contributed by atoms with Gasteiger partial charge in [0.2, 0.25) is 23.7 Å². The maximum absolute atomic E-state index is 14.3. The molecule has 2 saturated carbocycles. The number of phenolic OH excluding ortho intramolecular Hbond substituents is 1. The quantitative estimate of drug-likeness (QED) is 0.109. The number of benzene rings is 2. The Morgan fingerprint density at radius 3 is 2.20 bits per heavy atom. The number of aliphatic hydroxyl groups is 1. The van der Waals surface area contributed by atoms with Gasteiger partial charge in [-0.2, -0.15) is 0 Å². The predicted octanol–water partition coefficient (Wildman–Crippen LogP) is 5.71. The number of piperazine rings is 1. The molecular formula is C55H71N11O5. The Kier molecular flexibility index (Phi) is 14.8. The van der Waals surface area contributed by atoms with Crippen LogP contribution in [0.15, 0.2) is 67.0 Å². The summed E-state index contributed by atoms with van der Waals surface area (Å²) in [6.07, 6.45) is 11.5. The molecule has 16 heteroatoms. The van der Waals surface area contributed by atoms with Crippen LogP contribution >= 0.6 is 0 Å². The molecule has 3 atom stereocenters. The van der Waals surface area contributed by atoms with Crippen molar-refractivity contribution in [1.82, 2.24) is 40.6 Å². The van der Waals surface area contributed by atoms with Gasteiger partial charge in [0, 0.05) is 88.2 Å². The minimum Gasteiger partial charge on any atom is -0.507 e. The Bertz CT molecular complexity index is 2580. The number of piperidine rings is 1.